The first kappa shape index (κ1) is 47.6. The lowest BCUT2D eigenvalue weighted by molar-refractivity contribution is -0.138. The number of ketones is 1. The highest BCUT2D eigenvalue weighted by Gasteiger charge is 2.36. The van der Waals surface area contributed by atoms with Crippen LogP contribution in [0.4, 0.5) is 49.4 Å². The minimum Gasteiger partial charge on any atom is -0.367 e. The molecule has 0 radical (unpaired) electrons. The molecule has 6 aromatic rings. The maximum absolute atomic E-state index is 15.6. The zero-order chi connectivity index (χ0) is 47.5. The van der Waals surface area contributed by atoms with Gasteiger partial charge in [-0.05, 0) is 81.2 Å². The second kappa shape index (κ2) is 17.9. The summed E-state index contributed by atoms with van der Waals surface area (Å²) in [5.41, 5.74) is 0.641. The van der Waals surface area contributed by atoms with Crippen molar-refractivity contribution in [2.75, 3.05) is 84.5 Å². The van der Waals surface area contributed by atoms with Crippen LogP contribution < -0.4 is 19.6 Å². The van der Waals surface area contributed by atoms with Gasteiger partial charge in [-0.15, -0.1) is 0 Å². The van der Waals surface area contributed by atoms with Gasteiger partial charge in [0.05, 0.1) is 31.0 Å². The average Bonchev–Trinajstić information content (AvgIpc) is 4.00. The molecule has 0 aliphatic carbocycles. The Morgan fingerprint density at radius 1 is 0.576 bits per heavy atom. The Hall–Kier alpha value is -4.93. The highest BCUT2D eigenvalue weighted by atomic mass is 35.5. The van der Waals surface area contributed by atoms with Crippen LogP contribution in [0.1, 0.15) is 27.0 Å². The van der Waals surface area contributed by atoms with E-state index in [9.17, 15) is 43.2 Å². The molecule has 6 heterocycles. The lowest BCUT2D eigenvalue weighted by Gasteiger charge is -2.38. The molecule has 11 nitrogen and oxygen atoms in total. The van der Waals surface area contributed by atoms with Gasteiger partial charge in [-0.1, -0.05) is 23.2 Å². The smallest absolute Gasteiger partial charge is 0.367 e. The summed E-state index contributed by atoms with van der Waals surface area (Å²) < 4.78 is 134. The number of halogens is 8. The van der Waals surface area contributed by atoms with Gasteiger partial charge >= 0.3 is 12.4 Å². The van der Waals surface area contributed by atoms with E-state index in [1.165, 1.54) is 46.9 Å². The van der Waals surface area contributed by atoms with Crippen LogP contribution >= 0.6 is 45.9 Å². The van der Waals surface area contributed by atoms with Crippen LogP contribution in [0, 0.1) is 0 Å². The minimum absolute atomic E-state index is 0.0258. The van der Waals surface area contributed by atoms with Gasteiger partial charge < -0.3 is 19.6 Å². The predicted octanol–water partition coefficient (Wildman–Crippen LogP) is 9.97. The molecule has 66 heavy (non-hydrogen) atoms. The third kappa shape index (κ3) is 9.73. The van der Waals surface area contributed by atoms with Crippen molar-refractivity contribution in [2.24, 2.45) is 0 Å². The van der Waals surface area contributed by atoms with E-state index in [1.54, 1.807) is 43.5 Å². The summed E-state index contributed by atoms with van der Waals surface area (Å²) in [4.78, 5) is 30.5. The quantitative estimate of drug-likeness (QED) is 0.0963. The van der Waals surface area contributed by atoms with Crippen molar-refractivity contribution in [1.29, 1.82) is 0 Å². The number of hydrogen-bond acceptors (Lipinski definition) is 13. The van der Waals surface area contributed by atoms with E-state index in [0.717, 1.165) is 24.6 Å². The van der Waals surface area contributed by atoms with E-state index in [2.05, 4.69) is 9.97 Å². The number of carbonyl (C=O) groups is 1. The predicted molar refractivity (Wildman–Crippen MR) is 247 cm³/mol. The van der Waals surface area contributed by atoms with E-state index >= 15 is 4.79 Å². The summed E-state index contributed by atoms with van der Waals surface area (Å²) in [6.07, 6.45) is -5.86. The summed E-state index contributed by atoms with van der Waals surface area (Å²) in [6, 6.07) is 10.7. The first-order valence-electron chi connectivity index (χ1n) is 19.8. The second-order valence-electron chi connectivity index (χ2n) is 15.6. The number of aromatic nitrogens is 2. The highest BCUT2D eigenvalue weighted by molar-refractivity contribution is 7.91. The standard InChI is InChI=1S/C43H36Cl2F6N6O5S4/c1-65(59,60)29-17-31(37(25-3-13-63-23-25)35(19-29)54-5-9-56(10-6-54)40-33(44)15-27(21-52-40)42(46,47)48)39(58)32-18-30(66(2,61)62)20-36(38(32)26-4-14-64-24-26)55-7-11-57(12-8-55)41-34(45)16-28(22-53-41)43(49,50)51/h3-4,13-24H,5-12H2,1-2H3. The summed E-state index contributed by atoms with van der Waals surface area (Å²) in [5.74, 6) is -0.381. The van der Waals surface area contributed by atoms with Crippen LogP contribution in [0.5, 0.6) is 0 Å². The molecule has 4 aromatic heterocycles. The SMILES string of the molecule is CS(=O)(=O)c1cc(C(=O)c2cc(S(C)(=O)=O)cc(N3CCN(c4ncc(C(F)(F)F)cc4Cl)CC3)c2-c2ccsc2)c(-c2ccsc2)c(N2CCN(c3ncc(C(F)(F)F)cc3Cl)CC2)c1. The van der Waals surface area contributed by atoms with Gasteiger partial charge in [0.15, 0.2) is 25.5 Å². The largest absolute Gasteiger partial charge is 0.417 e. The molecular weight excluding hydrogens is 994 g/mol. The lowest BCUT2D eigenvalue weighted by atomic mass is 9.88. The molecule has 2 saturated heterocycles. The Balaban J connectivity index is 1.22. The van der Waals surface area contributed by atoms with Crippen LogP contribution in [-0.4, -0.2) is 97.5 Å². The number of benzene rings is 2. The Labute approximate surface area is 393 Å². The molecule has 2 aliphatic rings. The minimum atomic E-state index is -4.65. The van der Waals surface area contributed by atoms with Crippen molar-refractivity contribution in [3.8, 4) is 22.3 Å². The van der Waals surface area contributed by atoms with Gasteiger partial charge in [0.2, 0.25) is 0 Å². The van der Waals surface area contributed by atoms with Crippen molar-refractivity contribution in [2.45, 2.75) is 22.1 Å². The van der Waals surface area contributed by atoms with Gasteiger partial charge in [-0.2, -0.15) is 49.0 Å². The van der Waals surface area contributed by atoms with Crippen molar-refractivity contribution >= 4 is 94.3 Å². The van der Waals surface area contributed by atoms with E-state index < -0.39 is 48.9 Å². The first-order chi connectivity index (χ1) is 31.0. The van der Waals surface area contributed by atoms with Gasteiger partial charge in [-0.3, -0.25) is 4.79 Å². The molecule has 0 saturated carbocycles. The Bertz CT molecular complexity index is 2850. The van der Waals surface area contributed by atoms with E-state index in [4.69, 9.17) is 23.2 Å². The van der Waals surface area contributed by atoms with Crippen LogP contribution in [0.3, 0.4) is 0 Å². The summed E-state index contributed by atoms with van der Waals surface area (Å²) in [5, 5.41) is 6.80. The fourth-order valence-corrected chi connectivity index (χ4v) is 11.2. The molecule has 2 fully saturated rings. The molecule has 23 heteroatoms. The fourth-order valence-electron chi connectivity index (χ4n) is 8.01. The maximum Gasteiger partial charge on any atom is 0.417 e. The summed E-state index contributed by atoms with van der Waals surface area (Å²) in [7, 11) is -8.00. The molecule has 2 aromatic carbocycles. The number of nitrogens with zero attached hydrogens (tertiary/aromatic N) is 6. The molecule has 0 N–H and O–H groups in total. The average molecular weight is 1030 g/mol. The Kier molecular flexibility index (Phi) is 12.9. The van der Waals surface area contributed by atoms with E-state index in [-0.39, 0.29) is 95.0 Å². The molecule has 0 unspecified atom stereocenters. The molecule has 8 rings (SSSR count). The number of rotatable bonds is 10. The number of alkyl halides is 6. The van der Waals surface area contributed by atoms with Crippen LogP contribution in [0.25, 0.3) is 22.3 Å². The van der Waals surface area contributed by atoms with Crippen molar-refractivity contribution in [1.82, 2.24) is 9.97 Å². The number of piperazine rings is 2. The number of pyridine rings is 2. The molecule has 348 valence electrons. The molecule has 2 aliphatic heterocycles. The number of hydrogen-bond donors (Lipinski definition) is 0. The molecule has 0 amide bonds. The molecule has 0 atom stereocenters. The number of sulfone groups is 2. The highest BCUT2D eigenvalue weighted by Crippen LogP contribution is 2.44. The van der Waals surface area contributed by atoms with E-state index in [0.29, 0.717) is 46.0 Å². The summed E-state index contributed by atoms with van der Waals surface area (Å²) >= 11 is 15.3. The van der Waals surface area contributed by atoms with Gasteiger partial charge in [0.1, 0.15) is 11.6 Å². The van der Waals surface area contributed by atoms with Crippen molar-refractivity contribution < 1.29 is 48.0 Å². The van der Waals surface area contributed by atoms with Crippen molar-refractivity contribution in [3.63, 3.8) is 0 Å². The monoisotopic (exact) mass is 1030 g/mol. The molecule has 0 spiro atoms. The van der Waals surface area contributed by atoms with Crippen LogP contribution in [0.2, 0.25) is 10.0 Å². The van der Waals surface area contributed by atoms with Gasteiger partial charge in [-0.25, -0.2) is 26.8 Å². The van der Waals surface area contributed by atoms with Crippen LogP contribution in [-0.2, 0) is 32.0 Å². The van der Waals surface area contributed by atoms with Gasteiger partial charge in [0, 0.05) is 111 Å². The number of thiophene rings is 2. The number of carbonyl (C=O) groups excluding carboxylic acids is 1. The Morgan fingerprint density at radius 3 is 1.21 bits per heavy atom. The van der Waals surface area contributed by atoms with Gasteiger partial charge in [0.25, 0.3) is 0 Å². The first-order valence-corrected chi connectivity index (χ1v) is 26.2. The maximum atomic E-state index is 15.6. The third-order valence-electron chi connectivity index (χ3n) is 11.3. The van der Waals surface area contributed by atoms with E-state index in [1.807, 2.05) is 9.80 Å². The molecular formula is C43H36Cl2F6N6O5S4. The lowest BCUT2D eigenvalue weighted by Crippen LogP contribution is -2.47. The zero-order valence-corrected chi connectivity index (χ0v) is 39.4. The topological polar surface area (TPSA) is 124 Å². The normalized spacial score (nSPS) is 15.4. The zero-order valence-electron chi connectivity index (χ0n) is 34.6. The van der Waals surface area contributed by atoms with Crippen LogP contribution in [0.15, 0.2) is 92.2 Å². The fraction of sp³-hybridized carbons (Fsp3) is 0.279. The molecule has 0 bridgehead atoms. The second-order valence-corrected chi connectivity index (χ2v) is 22.0. The van der Waals surface area contributed by atoms with Crippen molar-refractivity contribution in [3.05, 3.63) is 115 Å². The Morgan fingerprint density at radius 2 is 0.924 bits per heavy atom. The number of anilines is 4. The summed E-state index contributed by atoms with van der Waals surface area (Å²) in [6.45, 7) is 1.70. The third-order valence-corrected chi connectivity index (χ3v) is 15.4.